The second-order valence-corrected chi connectivity index (χ2v) is 2.72. The maximum absolute atomic E-state index is 12.7. The zero-order valence-corrected chi connectivity index (χ0v) is 7.24. The lowest BCUT2D eigenvalue weighted by atomic mass is 10.1. The average Bonchev–Trinajstić information content (AvgIpc) is 2.09. The molecule has 0 aromatic heterocycles. The van der Waals surface area contributed by atoms with Gasteiger partial charge in [-0.05, 0) is 6.07 Å². The van der Waals surface area contributed by atoms with E-state index in [1.807, 2.05) is 0 Å². The third kappa shape index (κ3) is 2.46. The molecule has 0 spiro atoms. The second kappa shape index (κ2) is 3.99. The van der Waals surface area contributed by atoms with E-state index in [4.69, 9.17) is 5.11 Å². The molecule has 0 unspecified atom stereocenters. The van der Waals surface area contributed by atoms with E-state index < -0.39 is 34.6 Å². The Hall–Kier alpha value is -2.05. The standard InChI is InChI=1S/C8H5F2NO4/c9-5-1-4(2-8(12)13)7(11(14)15)3-6(5)10/h1,3H,2H2,(H,12,13). The van der Waals surface area contributed by atoms with Gasteiger partial charge in [0, 0.05) is 5.56 Å². The van der Waals surface area contributed by atoms with Gasteiger partial charge in [-0.25, -0.2) is 8.78 Å². The number of halogens is 2. The number of aliphatic carboxylic acids is 1. The van der Waals surface area contributed by atoms with Gasteiger partial charge in [0.15, 0.2) is 11.6 Å². The topological polar surface area (TPSA) is 80.4 Å². The summed E-state index contributed by atoms with van der Waals surface area (Å²) in [5.74, 6) is -4.04. The molecule has 0 bridgehead atoms. The molecule has 7 heteroatoms. The highest BCUT2D eigenvalue weighted by Crippen LogP contribution is 2.22. The highest BCUT2D eigenvalue weighted by molar-refractivity contribution is 5.72. The second-order valence-electron chi connectivity index (χ2n) is 2.72. The lowest BCUT2D eigenvalue weighted by Crippen LogP contribution is -2.05. The predicted octanol–water partition coefficient (Wildman–Crippen LogP) is 1.50. The molecule has 0 aliphatic heterocycles. The van der Waals surface area contributed by atoms with Crippen LogP contribution >= 0.6 is 0 Å². The Morgan fingerprint density at radius 1 is 1.40 bits per heavy atom. The fraction of sp³-hybridized carbons (Fsp3) is 0.125. The molecule has 80 valence electrons. The van der Waals surface area contributed by atoms with Gasteiger partial charge in [0.1, 0.15) is 0 Å². The van der Waals surface area contributed by atoms with E-state index in [1.165, 1.54) is 0 Å². The van der Waals surface area contributed by atoms with Crippen LogP contribution in [0.25, 0.3) is 0 Å². The first kappa shape index (κ1) is 11.0. The SMILES string of the molecule is O=C(O)Cc1cc(F)c(F)cc1[N+](=O)[O-]. The molecule has 0 aliphatic rings. The van der Waals surface area contributed by atoms with Crippen molar-refractivity contribution < 1.29 is 23.6 Å². The summed E-state index contributed by atoms with van der Waals surface area (Å²) in [6.07, 6.45) is -0.729. The van der Waals surface area contributed by atoms with E-state index in [0.29, 0.717) is 12.1 Å². The predicted molar refractivity (Wildman–Crippen MR) is 44.4 cm³/mol. The molecule has 1 aromatic carbocycles. The number of rotatable bonds is 3. The van der Waals surface area contributed by atoms with Crippen LogP contribution in [0.2, 0.25) is 0 Å². The minimum atomic E-state index is -1.38. The van der Waals surface area contributed by atoms with Crippen LogP contribution in [0.15, 0.2) is 12.1 Å². The number of carbonyl (C=O) groups is 1. The Bertz CT molecular complexity index is 433. The first-order chi connectivity index (χ1) is 6.91. The Kier molecular flexibility index (Phi) is 2.93. The fourth-order valence-electron chi connectivity index (χ4n) is 1.05. The minimum Gasteiger partial charge on any atom is -0.481 e. The van der Waals surface area contributed by atoms with Crippen molar-refractivity contribution in [2.45, 2.75) is 6.42 Å². The van der Waals surface area contributed by atoms with Gasteiger partial charge in [0.2, 0.25) is 0 Å². The van der Waals surface area contributed by atoms with Crippen LogP contribution in [0.4, 0.5) is 14.5 Å². The summed E-state index contributed by atoms with van der Waals surface area (Å²) in [5, 5.41) is 18.8. The number of nitro groups is 1. The zero-order valence-electron chi connectivity index (χ0n) is 7.24. The lowest BCUT2D eigenvalue weighted by molar-refractivity contribution is -0.385. The number of nitrogens with zero attached hydrogens (tertiary/aromatic N) is 1. The molecule has 0 fully saturated rings. The Labute approximate surface area is 82.1 Å². The van der Waals surface area contributed by atoms with Gasteiger partial charge in [-0.2, -0.15) is 0 Å². The highest BCUT2D eigenvalue weighted by Gasteiger charge is 2.20. The van der Waals surface area contributed by atoms with Gasteiger partial charge in [-0.15, -0.1) is 0 Å². The Balaban J connectivity index is 3.28. The van der Waals surface area contributed by atoms with E-state index in [2.05, 4.69) is 0 Å². The molecule has 1 aromatic rings. The number of hydrogen-bond acceptors (Lipinski definition) is 3. The first-order valence-electron chi connectivity index (χ1n) is 3.76. The van der Waals surface area contributed by atoms with Crippen LogP contribution in [0.3, 0.4) is 0 Å². The van der Waals surface area contributed by atoms with Crippen LogP contribution in [-0.4, -0.2) is 16.0 Å². The van der Waals surface area contributed by atoms with Crippen LogP contribution in [0.1, 0.15) is 5.56 Å². The van der Waals surface area contributed by atoms with Crippen LogP contribution < -0.4 is 0 Å². The largest absolute Gasteiger partial charge is 0.481 e. The summed E-state index contributed by atoms with van der Waals surface area (Å²) in [5.41, 5.74) is -1.11. The molecule has 0 saturated heterocycles. The molecule has 0 saturated carbocycles. The first-order valence-corrected chi connectivity index (χ1v) is 3.76. The van der Waals surface area contributed by atoms with Crippen molar-refractivity contribution in [3.63, 3.8) is 0 Å². The maximum atomic E-state index is 12.7. The molecule has 0 aliphatic carbocycles. The summed E-state index contributed by atoms with van der Waals surface area (Å²) >= 11 is 0. The summed E-state index contributed by atoms with van der Waals surface area (Å²) < 4.78 is 25.3. The number of nitro benzene ring substituents is 1. The number of benzene rings is 1. The van der Waals surface area contributed by atoms with Gasteiger partial charge < -0.3 is 5.11 Å². The van der Waals surface area contributed by atoms with Crippen molar-refractivity contribution in [3.05, 3.63) is 39.4 Å². The van der Waals surface area contributed by atoms with Gasteiger partial charge in [-0.3, -0.25) is 14.9 Å². The molecule has 0 heterocycles. The number of carboxylic acid groups (broad SMARTS) is 1. The van der Waals surface area contributed by atoms with Gasteiger partial charge in [-0.1, -0.05) is 0 Å². The van der Waals surface area contributed by atoms with Crippen molar-refractivity contribution in [1.29, 1.82) is 0 Å². The normalized spacial score (nSPS) is 10.0. The molecular weight excluding hydrogens is 212 g/mol. The summed E-state index contributed by atoms with van der Waals surface area (Å²) in [6.45, 7) is 0. The van der Waals surface area contributed by atoms with E-state index in [9.17, 15) is 23.7 Å². The summed E-state index contributed by atoms with van der Waals surface area (Å²) in [6, 6.07) is 0.884. The minimum absolute atomic E-state index is 0.369. The van der Waals surface area contributed by atoms with Crippen molar-refractivity contribution >= 4 is 11.7 Å². The highest BCUT2D eigenvalue weighted by atomic mass is 19.2. The summed E-state index contributed by atoms with van der Waals surface area (Å²) in [7, 11) is 0. The smallest absolute Gasteiger partial charge is 0.308 e. The zero-order chi connectivity index (χ0) is 11.6. The monoisotopic (exact) mass is 217 g/mol. The molecule has 1 rings (SSSR count). The van der Waals surface area contributed by atoms with Crippen molar-refractivity contribution in [2.75, 3.05) is 0 Å². The molecule has 0 radical (unpaired) electrons. The third-order valence-electron chi connectivity index (χ3n) is 1.66. The number of hydrogen-bond donors (Lipinski definition) is 1. The number of carboxylic acids is 1. The van der Waals surface area contributed by atoms with Crippen LogP contribution in [0.5, 0.6) is 0 Å². The van der Waals surface area contributed by atoms with E-state index in [0.717, 1.165) is 0 Å². The van der Waals surface area contributed by atoms with Crippen molar-refractivity contribution in [2.24, 2.45) is 0 Å². The summed E-state index contributed by atoms with van der Waals surface area (Å²) in [4.78, 5) is 19.7. The van der Waals surface area contributed by atoms with Crippen molar-refractivity contribution in [3.8, 4) is 0 Å². The van der Waals surface area contributed by atoms with E-state index in [-0.39, 0.29) is 5.56 Å². The van der Waals surface area contributed by atoms with E-state index >= 15 is 0 Å². The molecule has 5 nitrogen and oxygen atoms in total. The molecular formula is C8H5F2NO4. The maximum Gasteiger partial charge on any atom is 0.308 e. The average molecular weight is 217 g/mol. The fourth-order valence-corrected chi connectivity index (χ4v) is 1.05. The van der Waals surface area contributed by atoms with Crippen LogP contribution in [-0.2, 0) is 11.2 Å². The molecule has 15 heavy (non-hydrogen) atoms. The van der Waals surface area contributed by atoms with Crippen molar-refractivity contribution in [1.82, 2.24) is 0 Å². The molecule has 1 N–H and O–H groups in total. The Morgan fingerprint density at radius 2 is 1.93 bits per heavy atom. The lowest BCUT2D eigenvalue weighted by Gasteiger charge is -2.00. The van der Waals surface area contributed by atoms with Crippen LogP contribution in [0, 0.1) is 21.7 Å². The molecule has 0 atom stereocenters. The van der Waals surface area contributed by atoms with E-state index in [1.54, 1.807) is 0 Å². The van der Waals surface area contributed by atoms with Gasteiger partial charge >= 0.3 is 5.97 Å². The Morgan fingerprint density at radius 3 is 2.40 bits per heavy atom. The molecule has 0 amide bonds. The van der Waals surface area contributed by atoms with Gasteiger partial charge in [0.05, 0.1) is 17.4 Å². The van der Waals surface area contributed by atoms with Gasteiger partial charge in [0.25, 0.3) is 5.69 Å². The quantitative estimate of drug-likeness (QED) is 0.614. The third-order valence-corrected chi connectivity index (χ3v) is 1.66.